The van der Waals surface area contributed by atoms with Crippen LogP contribution < -0.4 is 0 Å². The number of imidazole rings is 1. The average Bonchev–Trinajstić information content (AvgIpc) is 3.04. The van der Waals surface area contributed by atoms with Gasteiger partial charge in [0.2, 0.25) is 0 Å². The molecule has 1 heterocycles. The molecule has 2 aromatic carbocycles. The van der Waals surface area contributed by atoms with E-state index < -0.39 is 0 Å². The highest BCUT2D eigenvalue weighted by Crippen LogP contribution is 2.41. The predicted octanol–water partition coefficient (Wildman–Crippen LogP) is 6.38. The lowest BCUT2D eigenvalue weighted by atomic mass is 10.1. The maximum Gasteiger partial charge on any atom is 0.0946 e. The zero-order valence-corrected chi connectivity index (χ0v) is 15.1. The van der Waals surface area contributed by atoms with Gasteiger partial charge in [-0.3, -0.25) is 0 Å². The summed E-state index contributed by atoms with van der Waals surface area (Å²) in [5.74, 6) is 0. The first-order valence-corrected chi connectivity index (χ1v) is 8.96. The monoisotopic (exact) mass is 382 g/mol. The van der Waals surface area contributed by atoms with E-state index in [-0.39, 0.29) is 5.25 Å². The van der Waals surface area contributed by atoms with E-state index >= 15 is 0 Å². The number of thioether (sulfide) groups is 1. The Morgan fingerprint density at radius 2 is 1.74 bits per heavy atom. The van der Waals surface area contributed by atoms with Gasteiger partial charge in [0.25, 0.3) is 0 Å². The summed E-state index contributed by atoms with van der Waals surface area (Å²) in [6.45, 7) is 0.773. The molecule has 6 heteroatoms. The number of halogens is 3. The molecule has 23 heavy (non-hydrogen) atoms. The van der Waals surface area contributed by atoms with Gasteiger partial charge in [-0.1, -0.05) is 46.9 Å². The fraction of sp³-hybridized carbons (Fsp3) is 0.118. The Labute approximate surface area is 154 Å². The lowest BCUT2D eigenvalue weighted by molar-refractivity contribution is 0.683. The van der Waals surface area contributed by atoms with Gasteiger partial charge in [-0.15, -0.1) is 11.8 Å². The first-order valence-electron chi connectivity index (χ1n) is 6.95. The van der Waals surface area contributed by atoms with E-state index in [4.69, 9.17) is 34.8 Å². The van der Waals surface area contributed by atoms with Gasteiger partial charge in [-0.2, -0.15) is 0 Å². The standard InChI is InChI=1S/C17H13Cl3N2S/c18-13-3-1-12(2-4-13)17(10-22-8-7-21-11-22)23-16-9-14(19)5-6-15(16)20/h1-9,11,17H,10H2. The molecule has 1 aromatic heterocycles. The average molecular weight is 384 g/mol. The van der Waals surface area contributed by atoms with Gasteiger partial charge in [-0.05, 0) is 35.9 Å². The summed E-state index contributed by atoms with van der Waals surface area (Å²) in [6, 6.07) is 13.4. The molecule has 0 aliphatic heterocycles. The second-order valence-corrected chi connectivity index (χ2v) is 7.52. The van der Waals surface area contributed by atoms with E-state index in [1.165, 1.54) is 5.56 Å². The fourth-order valence-corrected chi connectivity index (χ4v) is 4.03. The summed E-state index contributed by atoms with van der Waals surface area (Å²) >= 11 is 20.1. The Balaban J connectivity index is 1.91. The van der Waals surface area contributed by atoms with Crippen molar-refractivity contribution in [2.75, 3.05) is 0 Å². The molecule has 0 N–H and O–H groups in total. The van der Waals surface area contributed by atoms with E-state index in [0.29, 0.717) is 10.0 Å². The third-order valence-corrected chi connectivity index (χ3v) is 5.57. The highest BCUT2D eigenvalue weighted by Gasteiger charge is 2.16. The normalized spacial score (nSPS) is 12.3. The second kappa shape index (κ2) is 7.63. The summed E-state index contributed by atoms with van der Waals surface area (Å²) in [7, 11) is 0. The van der Waals surface area contributed by atoms with Crippen LogP contribution in [0.2, 0.25) is 15.1 Å². The van der Waals surface area contributed by atoms with Crippen LogP contribution in [0.25, 0.3) is 0 Å². The largest absolute Gasteiger partial charge is 0.336 e. The zero-order chi connectivity index (χ0) is 16.2. The number of nitrogens with zero attached hydrogens (tertiary/aromatic N) is 2. The maximum absolute atomic E-state index is 6.32. The molecule has 3 aromatic rings. The van der Waals surface area contributed by atoms with Crippen molar-refractivity contribution in [2.24, 2.45) is 0 Å². The van der Waals surface area contributed by atoms with Gasteiger partial charge in [0.15, 0.2) is 0 Å². The highest BCUT2D eigenvalue weighted by molar-refractivity contribution is 7.99. The predicted molar refractivity (Wildman–Crippen MR) is 98.7 cm³/mol. The third-order valence-electron chi connectivity index (χ3n) is 3.34. The van der Waals surface area contributed by atoms with E-state index in [2.05, 4.69) is 4.98 Å². The van der Waals surface area contributed by atoms with Crippen molar-refractivity contribution in [2.45, 2.75) is 16.7 Å². The van der Waals surface area contributed by atoms with Gasteiger partial charge in [0.1, 0.15) is 0 Å². The van der Waals surface area contributed by atoms with E-state index in [1.807, 2.05) is 53.5 Å². The molecule has 0 aliphatic rings. The van der Waals surface area contributed by atoms with Crippen molar-refractivity contribution in [1.82, 2.24) is 9.55 Å². The maximum atomic E-state index is 6.32. The molecule has 0 aliphatic carbocycles. The molecule has 0 saturated heterocycles. The minimum atomic E-state index is 0.164. The Morgan fingerprint density at radius 3 is 2.43 bits per heavy atom. The molecule has 0 radical (unpaired) electrons. The number of rotatable bonds is 5. The van der Waals surface area contributed by atoms with Crippen LogP contribution in [0, 0.1) is 0 Å². The third kappa shape index (κ3) is 4.45. The summed E-state index contributed by atoms with van der Waals surface area (Å²) in [5.41, 5.74) is 1.17. The smallest absolute Gasteiger partial charge is 0.0946 e. The Bertz CT molecular complexity index is 773. The van der Waals surface area contributed by atoms with Crippen LogP contribution in [0.4, 0.5) is 0 Å². The van der Waals surface area contributed by atoms with Crippen molar-refractivity contribution in [3.05, 3.63) is 81.8 Å². The van der Waals surface area contributed by atoms with Crippen molar-refractivity contribution in [3.63, 3.8) is 0 Å². The van der Waals surface area contributed by atoms with Crippen LogP contribution >= 0.6 is 46.6 Å². The lowest BCUT2D eigenvalue weighted by Gasteiger charge is -2.18. The van der Waals surface area contributed by atoms with Gasteiger partial charge >= 0.3 is 0 Å². The Morgan fingerprint density at radius 1 is 1.00 bits per heavy atom. The van der Waals surface area contributed by atoms with Crippen LogP contribution in [0.5, 0.6) is 0 Å². The summed E-state index contributed by atoms with van der Waals surface area (Å²) in [4.78, 5) is 5.06. The van der Waals surface area contributed by atoms with Gasteiger partial charge < -0.3 is 4.57 Å². The molecular weight excluding hydrogens is 371 g/mol. The number of hydrogen-bond donors (Lipinski definition) is 0. The molecule has 3 rings (SSSR count). The molecule has 0 fully saturated rings. The second-order valence-electron chi connectivity index (χ2n) is 4.99. The SMILES string of the molecule is Clc1ccc(C(Cn2ccnc2)Sc2cc(Cl)ccc2Cl)cc1. The Hall–Kier alpha value is -1.13. The van der Waals surface area contributed by atoms with Crippen LogP contribution in [0.3, 0.4) is 0 Å². The van der Waals surface area contributed by atoms with Crippen molar-refractivity contribution >= 4 is 46.6 Å². The van der Waals surface area contributed by atoms with Crippen LogP contribution in [-0.2, 0) is 6.54 Å². The first kappa shape index (κ1) is 16.7. The molecular formula is C17H13Cl3N2S. The minimum Gasteiger partial charge on any atom is -0.336 e. The minimum absolute atomic E-state index is 0.164. The zero-order valence-electron chi connectivity index (χ0n) is 12.0. The molecule has 2 nitrogen and oxygen atoms in total. The summed E-state index contributed by atoms with van der Waals surface area (Å²) in [6.07, 6.45) is 5.53. The Kier molecular flexibility index (Phi) is 5.54. The molecule has 0 spiro atoms. The molecule has 0 amide bonds. The summed E-state index contributed by atoms with van der Waals surface area (Å²) < 4.78 is 2.05. The molecule has 1 unspecified atom stereocenters. The molecule has 1 atom stereocenters. The van der Waals surface area contributed by atoms with Crippen molar-refractivity contribution in [3.8, 4) is 0 Å². The van der Waals surface area contributed by atoms with Crippen LogP contribution in [0.1, 0.15) is 10.8 Å². The van der Waals surface area contributed by atoms with Gasteiger partial charge in [0, 0.05) is 33.9 Å². The molecule has 0 bridgehead atoms. The van der Waals surface area contributed by atoms with E-state index in [1.54, 1.807) is 24.0 Å². The number of aromatic nitrogens is 2. The van der Waals surface area contributed by atoms with Gasteiger partial charge in [0.05, 0.1) is 16.6 Å². The van der Waals surface area contributed by atoms with E-state index in [0.717, 1.165) is 16.5 Å². The number of hydrogen-bond acceptors (Lipinski definition) is 2. The van der Waals surface area contributed by atoms with Crippen molar-refractivity contribution < 1.29 is 0 Å². The quantitative estimate of drug-likeness (QED) is 0.476. The number of benzene rings is 2. The molecule has 0 saturated carbocycles. The fourth-order valence-electron chi connectivity index (χ4n) is 2.20. The molecule has 118 valence electrons. The lowest BCUT2D eigenvalue weighted by Crippen LogP contribution is -2.05. The highest BCUT2D eigenvalue weighted by atomic mass is 35.5. The van der Waals surface area contributed by atoms with Crippen molar-refractivity contribution in [1.29, 1.82) is 0 Å². The van der Waals surface area contributed by atoms with Crippen LogP contribution in [-0.4, -0.2) is 9.55 Å². The van der Waals surface area contributed by atoms with Crippen LogP contribution in [0.15, 0.2) is 66.1 Å². The first-order chi connectivity index (χ1) is 11.1. The van der Waals surface area contributed by atoms with Gasteiger partial charge in [-0.25, -0.2) is 4.98 Å². The summed E-state index contributed by atoms with van der Waals surface area (Å²) in [5, 5.41) is 2.26. The topological polar surface area (TPSA) is 17.8 Å². The van der Waals surface area contributed by atoms with E-state index in [9.17, 15) is 0 Å².